The van der Waals surface area contributed by atoms with Gasteiger partial charge in [-0.15, -0.1) is 11.3 Å². The van der Waals surface area contributed by atoms with E-state index in [1.54, 1.807) is 0 Å². The van der Waals surface area contributed by atoms with Crippen LogP contribution in [0.1, 0.15) is 20.9 Å². The molecule has 0 unspecified atom stereocenters. The second-order valence-electron chi connectivity index (χ2n) is 2.77. The third-order valence-electron chi connectivity index (χ3n) is 2.08. The quantitative estimate of drug-likeness (QED) is 0.566. The Morgan fingerprint density at radius 2 is 1.45 bits per heavy atom. The van der Waals surface area contributed by atoms with Crippen LogP contribution in [0.4, 0.5) is 0 Å². The summed E-state index contributed by atoms with van der Waals surface area (Å²) >= 11 is 1.86. The Bertz CT molecular complexity index is 284. The topological polar surface area (TPSA) is 24.7 Å². The third kappa shape index (κ3) is 0.997. The molecule has 2 rings (SSSR count). The molecular weight excluding hydrogens is 156 g/mol. The van der Waals surface area contributed by atoms with E-state index in [4.69, 9.17) is 0 Å². The van der Waals surface area contributed by atoms with E-state index in [0.717, 1.165) is 13.1 Å². The van der Waals surface area contributed by atoms with Gasteiger partial charge in [0.05, 0.1) is 13.1 Å². The van der Waals surface area contributed by atoms with Gasteiger partial charge in [-0.05, 0) is 25.0 Å². The summed E-state index contributed by atoms with van der Waals surface area (Å²) in [6, 6.07) is 0. The Hall–Kier alpha value is -0.700. The zero-order valence-corrected chi connectivity index (χ0v) is 7.53. The number of azo groups is 1. The molecule has 0 aromatic carbocycles. The van der Waals surface area contributed by atoms with E-state index in [1.165, 1.54) is 20.9 Å². The van der Waals surface area contributed by atoms with Gasteiger partial charge in [-0.25, -0.2) is 0 Å². The molecule has 58 valence electrons. The molecular formula is C8H10N2S. The normalized spacial score (nSPS) is 15.1. The lowest BCUT2D eigenvalue weighted by molar-refractivity contribution is 0.789. The highest BCUT2D eigenvalue weighted by Crippen LogP contribution is 2.30. The molecule has 1 aromatic heterocycles. The number of rotatable bonds is 0. The monoisotopic (exact) mass is 166 g/mol. The molecule has 0 bridgehead atoms. The summed E-state index contributed by atoms with van der Waals surface area (Å²) in [6.45, 7) is 5.92. The molecule has 11 heavy (non-hydrogen) atoms. The molecule has 0 amide bonds. The Kier molecular flexibility index (Phi) is 1.53. The zero-order valence-electron chi connectivity index (χ0n) is 6.72. The summed E-state index contributed by atoms with van der Waals surface area (Å²) in [7, 11) is 0. The van der Waals surface area contributed by atoms with Gasteiger partial charge in [-0.3, -0.25) is 0 Å². The molecule has 1 aliphatic rings. The predicted octanol–water partition coefficient (Wildman–Crippen LogP) is 2.83. The maximum absolute atomic E-state index is 4.02. The van der Waals surface area contributed by atoms with Crippen molar-refractivity contribution in [3.05, 3.63) is 20.9 Å². The van der Waals surface area contributed by atoms with Crippen molar-refractivity contribution in [2.24, 2.45) is 10.2 Å². The molecule has 2 heterocycles. The molecule has 0 spiro atoms. The van der Waals surface area contributed by atoms with Crippen LogP contribution in [0.25, 0.3) is 0 Å². The Morgan fingerprint density at radius 3 is 1.91 bits per heavy atom. The molecule has 0 N–H and O–H groups in total. The molecule has 2 nitrogen and oxygen atoms in total. The first kappa shape index (κ1) is 6.98. The average molecular weight is 166 g/mol. The van der Waals surface area contributed by atoms with Gasteiger partial charge in [0.15, 0.2) is 0 Å². The first-order chi connectivity index (χ1) is 5.29. The first-order valence-electron chi connectivity index (χ1n) is 3.70. The number of hydrogen-bond acceptors (Lipinski definition) is 3. The predicted molar refractivity (Wildman–Crippen MR) is 46.1 cm³/mol. The van der Waals surface area contributed by atoms with Crippen molar-refractivity contribution in [1.29, 1.82) is 0 Å². The lowest BCUT2D eigenvalue weighted by Crippen LogP contribution is -1.94. The largest absolute Gasteiger partial charge is 0.189 e. The van der Waals surface area contributed by atoms with Crippen LogP contribution in [0.5, 0.6) is 0 Å². The number of fused-ring (bicyclic) bond motifs is 1. The van der Waals surface area contributed by atoms with Crippen LogP contribution in [-0.2, 0) is 13.1 Å². The maximum atomic E-state index is 4.02. The fraction of sp³-hybridized carbons (Fsp3) is 0.500. The van der Waals surface area contributed by atoms with Gasteiger partial charge >= 0.3 is 0 Å². The van der Waals surface area contributed by atoms with Crippen molar-refractivity contribution in [3.8, 4) is 0 Å². The lowest BCUT2D eigenvalue weighted by Gasteiger charge is -2.04. The smallest absolute Gasteiger partial charge is 0.0863 e. The summed E-state index contributed by atoms with van der Waals surface area (Å²) in [4.78, 5) is 2.83. The maximum Gasteiger partial charge on any atom is 0.0863 e. The summed E-state index contributed by atoms with van der Waals surface area (Å²) in [5.41, 5.74) is 2.84. The number of aryl methyl sites for hydroxylation is 2. The Labute approximate surface area is 70.0 Å². The molecule has 0 saturated heterocycles. The van der Waals surface area contributed by atoms with Crippen LogP contribution < -0.4 is 0 Å². The standard InChI is InChI=1S/C8H10N2S/c1-5-7-3-9-10-4-8(7)6(2)11-5/h3-4H2,1-2H3. The fourth-order valence-corrected chi connectivity index (χ4v) is 2.51. The van der Waals surface area contributed by atoms with Crippen LogP contribution in [-0.4, -0.2) is 0 Å². The van der Waals surface area contributed by atoms with Crippen molar-refractivity contribution >= 4 is 11.3 Å². The number of nitrogens with zero attached hydrogens (tertiary/aromatic N) is 2. The summed E-state index contributed by atoms with van der Waals surface area (Å²) in [5, 5.41) is 8.05. The lowest BCUT2D eigenvalue weighted by atomic mass is 10.1. The number of thiophene rings is 1. The molecule has 0 atom stereocenters. The van der Waals surface area contributed by atoms with Crippen LogP contribution in [0.3, 0.4) is 0 Å². The van der Waals surface area contributed by atoms with Crippen LogP contribution in [0.2, 0.25) is 0 Å². The van der Waals surface area contributed by atoms with Crippen molar-refractivity contribution in [3.63, 3.8) is 0 Å². The van der Waals surface area contributed by atoms with Gasteiger partial charge in [-0.2, -0.15) is 10.2 Å². The fourth-order valence-electron chi connectivity index (χ4n) is 1.43. The molecule has 1 aromatic rings. The minimum absolute atomic E-state index is 0.797. The van der Waals surface area contributed by atoms with E-state index in [0.29, 0.717) is 0 Å². The highest BCUT2D eigenvalue weighted by molar-refractivity contribution is 7.12. The Morgan fingerprint density at radius 1 is 1.00 bits per heavy atom. The van der Waals surface area contributed by atoms with E-state index in [9.17, 15) is 0 Å². The summed E-state index contributed by atoms with van der Waals surface area (Å²) < 4.78 is 0. The minimum atomic E-state index is 0.797. The van der Waals surface area contributed by atoms with Crippen molar-refractivity contribution in [2.45, 2.75) is 26.9 Å². The van der Waals surface area contributed by atoms with Gasteiger partial charge in [0, 0.05) is 9.75 Å². The molecule has 0 radical (unpaired) electrons. The van der Waals surface area contributed by atoms with Crippen molar-refractivity contribution in [1.82, 2.24) is 0 Å². The number of hydrogen-bond donors (Lipinski definition) is 0. The second kappa shape index (κ2) is 2.41. The highest BCUT2D eigenvalue weighted by atomic mass is 32.1. The van der Waals surface area contributed by atoms with Gasteiger partial charge in [-0.1, -0.05) is 0 Å². The van der Waals surface area contributed by atoms with Crippen LogP contribution >= 0.6 is 11.3 Å². The van der Waals surface area contributed by atoms with Crippen LogP contribution in [0.15, 0.2) is 10.2 Å². The van der Waals surface area contributed by atoms with Crippen LogP contribution in [0, 0.1) is 13.8 Å². The molecule has 0 saturated carbocycles. The highest BCUT2D eigenvalue weighted by Gasteiger charge is 2.14. The molecule has 0 aliphatic carbocycles. The van der Waals surface area contributed by atoms with Gasteiger partial charge in [0.1, 0.15) is 0 Å². The van der Waals surface area contributed by atoms with E-state index in [2.05, 4.69) is 24.1 Å². The second-order valence-corrected chi connectivity index (χ2v) is 4.20. The van der Waals surface area contributed by atoms with Crippen molar-refractivity contribution in [2.75, 3.05) is 0 Å². The molecule has 0 fully saturated rings. The minimum Gasteiger partial charge on any atom is -0.189 e. The third-order valence-corrected chi connectivity index (χ3v) is 3.18. The molecule has 1 aliphatic heterocycles. The van der Waals surface area contributed by atoms with Crippen molar-refractivity contribution < 1.29 is 0 Å². The van der Waals surface area contributed by atoms with Gasteiger partial charge in [0.2, 0.25) is 0 Å². The van der Waals surface area contributed by atoms with E-state index >= 15 is 0 Å². The van der Waals surface area contributed by atoms with E-state index in [-0.39, 0.29) is 0 Å². The Balaban J connectivity index is 2.57. The van der Waals surface area contributed by atoms with Gasteiger partial charge < -0.3 is 0 Å². The zero-order chi connectivity index (χ0) is 7.84. The SMILES string of the molecule is Cc1sc(C)c2c1CN=NC2. The molecule has 3 heteroatoms. The average Bonchev–Trinajstić information content (AvgIpc) is 2.30. The summed E-state index contributed by atoms with van der Waals surface area (Å²) in [6.07, 6.45) is 0. The van der Waals surface area contributed by atoms with E-state index in [1.807, 2.05) is 11.3 Å². The first-order valence-corrected chi connectivity index (χ1v) is 4.51. The van der Waals surface area contributed by atoms with Gasteiger partial charge in [0.25, 0.3) is 0 Å². The van der Waals surface area contributed by atoms with E-state index < -0.39 is 0 Å². The summed E-state index contributed by atoms with van der Waals surface area (Å²) in [5.74, 6) is 0.